The van der Waals surface area contributed by atoms with Gasteiger partial charge in [-0.1, -0.05) is 0 Å². The molecule has 0 aliphatic carbocycles. The van der Waals surface area contributed by atoms with Gasteiger partial charge in [-0.25, -0.2) is 4.68 Å². The molecule has 0 aliphatic rings. The average molecular weight is 325 g/mol. The maximum atomic E-state index is 12.5. The molecule has 0 saturated carbocycles. The first kappa shape index (κ1) is 15.9. The van der Waals surface area contributed by atoms with Crippen LogP contribution in [0, 0.1) is 0 Å². The third kappa shape index (κ3) is 3.17. The van der Waals surface area contributed by atoms with E-state index in [0.717, 1.165) is 11.4 Å². The van der Waals surface area contributed by atoms with E-state index in [1.807, 2.05) is 44.2 Å². The Labute approximate surface area is 140 Å². The Kier molecular flexibility index (Phi) is 4.37. The van der Waals surface area contributed by atoms with Gasteiger partial charge in [-0.3, -0.25) is 4.79 Å². The third-order valence-corrected chi connectivity index (χ3v) is 3.45. The van der Waals surface area contributed by atoms with Crippen LogP contribution < -0.4 is 10.1 Å². The molecular formula is C18H19N3O3. The third-order valence-electron chi connectivity index (χ3n) is 3.45. The van der Waals surface area contributed by atoms with Crippen LogP contribution in [0.4, 0.5) is 0 Å². The van der Waals surface area contributed by atoms with Crippen molar-refractivity contribution in [3.63, 3.8) is 0 Å². The van der Waals surface area contributed by atoms with Crippen LogP contribution in [-0.2, 0) is 0 Å². The molecule has 1 N–H and O–H groups in total. The predicted molar refractivity (Wildman–Crippen MR) is 90.4 cm³/mol. The van der Waals surface area contributed by atoms with Crippen molar-refractivity contribution < 1.29 is 13.9 Å². The summed E-state index contributed by atoms with van der Waals surface area (Å²) in [4.78, 5) is 12.5. The lowest BCUT2D eigenvalue weighted by atomic mass is 10.2. The van der Waals surface area contributed by atoms with Crippen molar-refractivity contribution >= 4 is 5.91 Å². The van der Waals surface area contributed by atoms with Gasteiger partial charge in [0.25, 0.3) is 5.91 Å². The second-order valence-corrected chi connectivity index (χ2v) is 5.63. The minimum Gasteiger partial charge on any atom is -0.497 e. The summed E-state index contributed by atoms with van der Waals surface area (Å²) >= 11 is 0. The van der Waals surface area contributed by atoms with Gasteiger partial charge in [0, 0.05) is 12.1 Å². The summed E-state index contributed by atoms with van der Waals surface area (Å²) in [7, 11) is 1.61. The molecule has 0 spiro atoms. The smallest absolute Gasteiger partial charge is 0.270 e. The van der Waals surface area contributed by atoms with Crippen LogP contribution in [0.3, 0.4) is 0 Å². The summed E-state index contributed by atoms with van der Waals surface area (Å²) in [5.74, 6) is 1.16. The number of hydrogen-bond donors (Lipinski definition) is 1. The number of hydrogen-bond acceptors (Lipinski definition) is 4. The van der Waals surface area contributed by atoms with Gasteiger partial charge in [0.1, 0.15) is 17.1 Å². The fourth-order valence-electron chi connectivity index (χ4n) is 2.34. The molecule has 0 saturated heterocycles. The second kappa shape index (κ2) is 6.62. The topological polar surface area (TPSA) is 69.3 Å². The molecular weight excluding hydrogens is 306 g/mol. The fraction of sp³-hybridized carbons (Fsp3) is 0.222. The first-order valence-corrected chi connectivity index (χ1v) is 7.67. The SMILES string of the molecule is COc1ccc(-n2nc(-c3ccco3)cc2C(=O)NC(C)C)cc1. The maximum absolute atomic E-state index is 12.5. The van der Waals surface area contributed by atoms with Gasteiger partial charge in [-0.2, -0.15) is 5.10 Å². The number of carbonyl (C=O) groups excluding carboxylic acids is 1. The number of benzene rings is 1. The van der Waals surface area contributed by atoms with Crippen molar-refractivity contribution in [1.82, 2.24) is 15.1 Å². The highest BCUT2D eigenvalue weighted by molar-refractivity contribution is 5.94. The maximum Gasteiger partial charge on any atom is 0.270 e. The van der Waals surface area contributed by atoms with Gasteiger partial charge in [0.2, 0.25) is 0 Å². The van der Waals surface area contributed by atoms with Crippen molar-refractivity contribution in [3.05, 3.63) is 54.4 Å². The zero-order chi connectivity index (χ0) is 17.1. The van der Waals surface area contributed by atoms with Crippen LogP contribution in [0.1, 0.15) is 24.3 Å². The summed E-state index contributed by atoms with van der Waals surface area (Å²) in [6.45, 7) is 3.83. The number of nitrogens with one attached hydrogen (secondary N) is 1. The first-order valence-electron chi connectivity index (χ1n) is 7.67. The largest absolute Gasteiger partial charge is 0.497 e. The molecule has 2 heterocycles. The fourth-order valence-corrected chi connectivity index (χ4v) is 2.34. The van der Waals surface area contributed by atoms with Crippen LogP contribution in [0.15, 0.2) is 53.1 Å². The van der Waals surface area contributed by atoms with Crippen molar-refractivity contribution in [2.24, 2.45) is 0 Å². The molecule has 6 heteroatoms. The molecule has 124 valence electrons. The van der Waals surface area contributed by atoms with Gasteiger partial charge in [-0.05, 0) is 50.2 Å². The number of methoxy groups -OCH3 is 1. The molecule has 0 fully saturated rings. The summed E-state index contributed by atoms with van der Waals surface area (Å²) in [5, 5.41) is 7.42. The lowest BCUT2D eigenvalue weighted by Gasteiger charge is -2.10. The number of amides is 1. The molecule has 0 aliphatic heterocycles. The van der Waals surface area contributed by atoms with E-state index in [1.165, 1.54) is 0 Å². The minimum atomic E-state index is -0.189. The second-order valence-electron chi connectivity index (χ2n) is 5.63. The Bertz CT molecular complexity index is 818. The quantitative estimate of drug-likeness (QED) is 0.781. The minimum absolute atomic E-state index is 0.0313. The average Bonchev–Trinajstić information content (AvgIpc) is 3.23. The predicted octanol–water partition coefficient (Wildman–Crippen LogP) is 3.28. The Morgan fingerprint density at radius 2 is 2.00 bits per heavy atom. The number of carbonyl (C=O) groups is 1. The van der Waals surface area contributed by atoms with Gasteiger partial charge in [0.05, 0.1) is 19.1 Å². The van der Waals surface area contributed by atoms with Crippen LogP contribution in [0.25, 0.3) is 17.1 Å². The van der Waals surface area contributed by atoms with E-state index in [2.05, 4.69) is 10.4 Å². The Hall–Kier alpha value is -3.02. The number of aromatic nitrogens is 2. The monoisotopic (exact) mass is 325 g/mol. The van der Waals surface area contributed by atoms with Gasteiger partial charge in [0.15, 0.2) is 5.76 Å². The van der Waals surface area contributed by atoms with Gasteiger partial charge >= 0.3 is 0 Å². The van der Waals surface area contributed by atoms with Crippen LogP contribution in [-0.4, -0.2) is 28.8 Å². The molecule has 2 aromatic heterocycles. The van der Waals surface area contributed by atoms with E-state index in [1.54, 1.807) is 30.2 Å². The number of ether oxygens (including phenoxy) is 1. The van der Waals surface area contributed by atoms with Crippen LogP contribution >= 0.6 is 0 Å². The van der Waals surface area contributed by atoms with E-state index in [-0.39, 0.29) is 11.9 Å². The standard InChI is InChI=1S/C18H19N3O3/c1-12(2)19-18(22)16-11-15(17-5-4-10-24-17)20-21(16)13-6-8-14(23-3)9-7-13/h4-12H,1-3H3,(H,19,22). The number of nitrogens with zero attached hydrogens (tertiary/aromatic N) is 2. The van der Waals surface area contributed by atoms with Crippen LogP contribution in [0.5, 0.6) is 5.75 Å². The van der Waals surface area contributed by atoms with Crippen LogP contribution in [0.2, 0.25) is 0 Å². The Morgan fingerprint density at radius 1 is 1.25 bits per heavy atom. The zero-order valence-electron chi connectivity index (χ0n) is 13.8. The Morgan fingerprint density at radius 3 is 2.58 bits per heavy atom. The highest BCUT2D eigenvalue weighted by Gasteiger charge is 2.19. The molecule has 0 radical (unpaired) electrons. The van der Waals surface area contributed by atoms with E-state index >= 15 is 0 Å². The number of rotatable bonds is 5. The van der Waals surface area contributed by atoms with E-state index in [9.17, 15) is 4.79 Å². The molecule has 3 aromatic rings. The molecule has 6 nitrogen and oxygen atoms in total. The van der Waals surface area contributed by atoms with Gasteiger partial charge < -0.3 is 14.5 Å². The molecule has 3 rings (SSSR count). The summed E-state index contributed by atoms with van der Waals surface area (Å²) < 4.78 is 12.2. The molecule has 0 atom stereocenters. The molecule has 0 unspecified atom stereocenters. The summed E-state index contributed by atoms with van der Waals surface area (Å²) in [6.07, 6.45) is 1.58. The molecule has 0 bridgehead atoms. The van der Waals surface area contributed by atoms with Crippen molar-refractivity contribution in [3.8, 4) is 22.9 Å². The highest BCUT2D eigenvalue weighted by Crippen LogP contribution is 2.23. The molecule has 1 aromatic carbocycles. The van der Waals surface area contributed by atoms with E-state index in [4.69, 9.17) is 9.15 Å². The zero-order valence-corrected chi connectivity index (χ0v) is 13.8. The van der Waals surface area contributed by atoms with Crippen molar-refractivity contribution in [2.45, 2.75) is 19.9 Å². The van der Waals surface area contributed by atoms with Crippen molar-refractivity contribution in [1.29, 1.82) is 0 Å². The number of furan rings is 1. The normalized spacial score (nSPS) is 10.8. The summed E-state index contributed by atoms with van der Waals surface area (Å²) in [5.41, 5.74) is 1.81. The summed E-state index contributed by atoms with van der Waals surface area (Å²) in [6, 6.07) is 12.7. The van der Waals surface area contributed by atoms with Gasteiger partial charge in [-0.15, -0.1) is 0 Å². The lowest BCUT2D eigenvalue weighted by molar-refractivity contribution is 0.0935. The molecule has 24 heavy (non-hydrogen) atoms. The van der Waals surface area contributed by atoms with E-state index in [0.29, 0.717) is 17.1 Å². The Balaban J connectivity index is 2.06. The van der Waals surface area contributed by atoms with E-state index < -0.39 is 0 Å². The highest BCUT2D eigenvalue weighted by atomic mass is 16.5. The van der Waals surface area contributed by atoms with Crippen molar-refractivity contribution in [2.75, 3.05) is 7.11 Å². The molecule has 1 amide bonds. The first-order chi connectivity index (χ1) is 11.6. The lowest BCUT2D eigenvalue weighted by Crippen LogP contribution is -2.31.